The summed E-state index contributed by atoms with van der Waals surface area (Å²) in [6.07, 6.45) is -0.0149. The van der Waals surface area contributed by atoms with E-state index in [9.17, 15) is 18.4 Å². The first-order valence-corrected chi connectivity index (χ1v) is 9.98. The molecule has 3 rings (SSSR count). The second kappa shape index (κ2) is 10.9. The van der Waals surface area contributed by atoms with Gasteiger partial charge in [-0.25, -0.2) is 8.78 Å². The minimum absolute atomic E-state index is 0.000415. The number of carbonyl (C=O) groups is 2. The Morgan fingerprint density at radius 1 is 0.875 bits per heavy atom. The molecule has 0 heterocycles. The lowest BCUT2D eigenvalue weighted by molar-refractivity contribution is -0.116. The van der Waals surface area contributed by atoms with Crippen LogP contribution < -0.4 is 20.1 Å². The van der Waals surface area contributed by atoms with Crippen LogP contribution in [0.25, 0.3) is 0 Å². The zero-order valence-electron chi connectivity index (χ0n) is 17.4. The van der Waals surface area contributed by atoms with Crippen LogP contribution in [0.4, 0.5) is 14.5 Å². The van der Waals surface area contributed by atoms with Crippen LogP contribution in [-0.4, -0.2) is 25.0 Å². The highest BCUT2D eigenvalue weighted by Gasteiger charge is 2.12. The predicted molar refractivity (Wildman–Crippen MR) is 116 cm³/mol. The van der Waals surface area contributed by atoms with Crippen LogP contribution in [-0.2, 0) is 4.79 Å². The van der Waals surface area contributed by atoms with Gasteiger partial charge in [-0.3, -0.25) is 9.59 Å². The Morgan fingerprint density at radius 3 is 2.12 bits per heavy atom. The summed E-state index contributed by atoms with van der Waals surface area (Å²) in [5.74, 6) is -0.763. The Hall–Kier alpha value is -3.94. The lowest BCUT2D eigenvalue weighted by atomic mass is 10.2. The summed E-state index contributed by atoms with van der Waals surface area (Å²) in [7, 11) is 0. The molecule has 0 atom stereocenters. The molecular weight excluding hydrogens is 418 g/mol. The molecule has 0 saturated heterocycles. The van der Waals surface area contributed by atoms with E-state index in [4.69, 9.17) is 9.47 Å². The molecule has 8 heteroatoms. The second-order valence-electron chi connectivity index (χ2n) is 6.71. The van der Waals surface area contributed by atoms with E-state index in [0.717, 1.165) is 17.9 Å². The molecular formula is C24H22F2N2O4. The van der Waals surface area contributed by atoms with Gasteiger partial charge >= 0.3 is 0 Å². The minimum Gasteiger partial charge on any atom is -0.494 e. The van der Waals surface area contributed by atoms with Crippen LogP contribution in [0.1, 0.15) is 23.7 Å². The molecule has 0 spiro atoms. The molecule has 6 nitrogen and oxygen atoms in total. The van der Waals surface area contributed by atoms with E-state index in [2.05, 4.69) is 10.6 Å². The highest BCUT2D eigenvalue weighted by Crippen LogP contribution is 2.25. The van der Waals surface area contributed by atoms with Crippen LogP contribution >= 0.6 is 0 Å². The van der Waals surface area contributed by atoms with Crippen LogP contribution in [0.15, 0.2) is 66.7 Å². The predicted octanol–water partition coefficient (Wildman–Crippen LogP) is 4.91. The molecule has 2 N–H and O–H groups in total. The Kier molecular flexibility index (Phi) is 7.75. The third-order valence-corrected chi connectivity index (χ3v) is 4.32. The van der Waals surface area contributed by atoms with Gasteiger partial charge < -0.3 is 20.1 Å². The Morgan fingerprint density at radius 2 is 1.50 bits per heavy atom. The van der Waals surface area contributed by atoms with Gasteiger partial charge in [-0.05, 0) is 67.6 Å². The molecule has 0 aliphatic rings. The van der Waals surface area contributed by atoms with Gasteiger partial charge in [-0.15, -0.1) is 0 Å². The van der Waals surface area contributed by atoms with Crippen molar-refractivity contribution < 1.29 is 27.8 Å². The van der Waals surface area contributed by atoms with Gasteiger partial charge in [-0.1, -0.05) is 0 Å². The highest BCUT2D eigenvalue weighted by molar-refractivity contribution is 5.95. The number of ether oxygens (including phenoxy) is 2. The van der Waals surface area contributed by atoms with Crippen molar-refractivity contribution in [3.63, 3.8) is 0 Å². The van der Waals surface area contributed by atoms with Gasteiger partial charge in [0.1, 0.15) is 28.9 Å². The van der Waals surface area contributed by atoms with Gasteiger partial charge in [-0.2, -0.15) is 0 Å². The van der Waals surface area contributed by atoms with Crippen molar-refractivity contribution in [2.75, 3.05) is 18.5 Å². The van der Waals surface area contributed by atoms with Crippen molar-refractivity contribution in [3.8, 4) is 17.2 Å². The highest BCUT2D eigenvalue weighted by atomic mass is 19.1. The molecule has 0 aliphatic heterocycles. The van der Waals surface area contributed by atoms with Crippen LogP contribution in [0.3, 0.4) is 0 Å². The number of anilines is 1. The number of halogens is 2. The topological polar surface area (TPSA) is 76.7 Å². The fraction of sp³-hybridized carbons (Fsp3) is 0.167. The average Bonchev–Trinajstić information content (AvgIpc) is 2.76. The molecule has 0 aliphatic carbocycles. The first kappa shape index (κ1) is 22.7. The molecule has 0 unspecified atom stereocenters. The molecule has 0 bridgehead atoms. The first-order chi connectivity index (χ1) is 15.4. The van der Waals surface area contributed by atoms with Crippen LogP contribution in [0.2, 0.25) is 0 Å². The van der Waals surface area contributed by atoms with Crippen molar-refractivity contribution >= 4 is 17.5 Å². The normalized spacial score (nSPS) is 10.3. The lowest BCUT2D eigenvalue weighted by Gasteiger charge is -2.09. The van der Waals surface area contributed by atoms with Crippen molar-refractivity contribution in [1.82, 2.24) is 5.32 Å². The number of nitrogens with one attached hydrogen (secondary N) is 2. The van der Waals surface area contributed by atoms with E-state index < -0.39 is 17.5 Å². The summed E-state index contributed by atoms with van der Waals surface area (Å²) in [6, 6.07) is 16.7. The number of carbonyl (C=O) groups excluding carboxylic acids is 2. The van der Waals surface area contributed by atoms with E-state index in [1.807, 2.05) is 19.1 Å². The Balaban J connectivity index is 1.44. The van der Waals surface area contributed by atoms with Crippen molar-refractivity contribution in [2.24, 2.45) is 0 Å². The molecule has 0 fully saturated rings. The van der Waals surface area contributed by atoms with Crippen molar-refractivity contribution in [2.45, 2.75) is 13.3 Å². The minimum atomic E-state index is -0.959. The van der Waals surface area contributed by atoms with Gasteiger partial charge in [0.15, 0.2) is 0 Å². The van der Waals surface area contributed by atoms with Gasteiger partial charge in [0, 0.05) is 24.7 Å². The maximum absolute atomic E-state index is 13.6. The quantitative estimate of drug-likeness (QED) is 0.496. The van der Waals surface area contributed by atoms with Crippen molar-refractivity contribution in [1.29, 1.82) is 0 Å². The zero-order chi connectivity index (χ0) is 22.9. The third-order valence-electron chi connectivity index (χ3n) is 4.32. The summed E-state index contributed by atoms with van der Waals surface area (Å²) in [5, 5.41) is 5.13. The average molecular weight is 440 g/mol. The van der Waals surface area contributed by atoms with Gasteiger partial charge in [0.25, 0.3) is 5.91 Å². The number of rotatable bonds is 9. The van der Waals surface area contributed by atoms with E-state index >= 15 is 0 Å². The lowest BCUT2D eigenvalue weighted by Crippen LogP contribution is -2.28. The largest absolute Gasteiger partial charge is 0.494 e. The summed E-state index contributed by atoms with van der Waals surface area (Å²) in [5.41, 5.74) is 0.278. The van der Waals surface area contributed by atoms with Crippen LogP contribution in [0, 0.1) is 11.6 Å². The van der Waals surface area contributed by atoms with Gasteiger partial charge in [0.2, 0.25) is 5.91 Å². The number of benzene rings is 3. The third kappa shape index (κ3) is 6.53. The molecule has 0 saturated carbocycles. The second-order valence-corrected chi connectivity index (χ2v) is 6.71. The molecule has 3 aromatic rings. The SMILES string of the molecule is CCOc1ccc(Oc2ccc(NC(=O)CCNC(=O)c3ccc(F)cc3F)cc2)cc1. The smallest absolute Gasteiger partial charge is 0.254 e. The maximum atomic E-state index is 13.6. The van der Waals surface area contributed by atoms with E-state index in [1.54, 1.807) is 36.4 Å². The Labute approximate surface area is 184 Å². The molecule has 2 amide bonds. The maximum Gasteiger partial charge on any atom is 0.254 e. The van der Waals surface area contributed by atoms with Crippen LogP contribution in [0.5, 0.6) is 17.2 Å². The van der Waals surface area contributed by atoms with Gasteiger partial charge in [0.05, 0.1) is 12.2 Å². The fourth-order valence-electron chi connectivity index (χ4n) is 2.79. The summed E-state index contributed by atoms with van der Waals surface area (Å²) in [6.45, 7) is 2.50. The zero-order valence-corrected chi connectivity index (χ0v) is 17.4. The molecule has 166 valence electrons. The first-order valence-electron chi connectivity index (χ1n) is 9.98. The summed E-state index contributed by atoms with van der Waals surface area (Å²) < 4.78 is 37.7. The molecule has 32 heavy (non-hydrogen) atoms. The van der Waals surface area contributed by atoms with E-state index in [0.29, 0.717) is 29.9 Å². The van der Waals surface area contributed by atoms with Crippen molar-refractivity contribution in [3.05, 3.63) is 83.9 Å². The summed E-state index contributed by atoms with van der Waals surface area (Å²) in [4.78, 5) is 24.0. The molecule has 0 aromatic heterocycles. The van der Waals surface area contributed by atoms with E-state index in [-0.39, 0.29) is 24.4 Å². The standard InChI is InChI=1S/C24H22F2N2O4/c1-2-31-18-8-10-20(11-9-18)32-19-6-4-17(5-7-19)28-23(29)13-14-27-24(30)21-12-3-16(25)15-22(21)26/h3-12,15H,2,13-14H2,1H3,(H,27,30)(H,28,29). The number of amides is 2. The number of hydrogen-bond donors (Lipinski definition) is 2. The number of hydrogen-bond acceptors (Lipinski definition) is 4. The monoisotopic (exact) mass is 440 g/mol. The molecule has 3 aromatic carbocycles. The Bertz CT molecular complexity index is 1070. The summed E-state index contributed by atoms with van der Waals surface area (Å²) >= 11 is 0. The molecule has 0 radical (unpaired) electrons. The fourth-order valence-corrected chi connectivity index (χ4v) is 2.79. The van der Waals surface area contributed by atoms with E-state index in [1.165, 1.54) is 0 Å².